The van der Waals surface area contributed by atoms with E-state index in [9.17, 15) is 0 Å². The normalized spacial score (nSPS) is 12.6. The Balaban J connectivity index is 2.59. The number of anilines is 1. The molecule has 1 heterocycles. The van der Waals surface area contributed by atoms with E-state index in [1.807, 2.05) is 12.3 Å². The van der Waals surface area contributed by atoms with Crippen molar-refractivity contribution in [2.24, 2.45) is 5.92 Å². The summed E-state index contributed by atoms with van der Waals surface area (Å²) >= 11 is 0. The largest absolute Gasteiger partial charge is 0.489 e. The Bertz CT molecular complexity index is 313. The molecule has 0 fully saturated rings. The van der Waals surface area contributed by atoms with Gasteiger partial charge >= 0.3 is 0 Å². The maximum Gasteiger partial charge on any atom is 0.140 e. The Morgan fingerprint density at radius 2 is 2.06 bits per heavy atom. The van der Waals surface area contributed by atoms with E-state index in [4.69, 9.17) is 4.74 Å². The van der Waals surface area contributed by atoms with Crippen LogP contribution in [0.2, 0.25) is 0 Å². The first-order valence-corrected chi connectivity index (χ1v) is 5.99. The zero-order valence-electron chi connectivity index (χ0n) is 10.7. The van der Waals surface area contributed by atoms with E-state index in [0.717, 1.165) is 24.4 Å². The minimum Gasteiger partial charge on any atom is -0.489 e. The third-order valence-electron chi connectivity index (χ3n) is 2.55. The van der Waals surface area contributed by atoms with Crippen molar-refractivity contribution in [3.63, 3.8) is 0 Å². The van der Waals surface area contributed by atoms with Gasteiger partial charge in [-0.05, 0) is 19.3 Å². The number of nitrogens with zero attached hydrogens (tertiary/aromatic N) is 1. The highest BCUT2D eigenvalue weighted by Crippen LogP contribution is 2.18. The van der Waals surface area contributed by atoms with Crippen molar-refractivity contribution >= 4 is 5.69 Å². The van der Waals surface area contributed by atoms with Gasteiger partial charge in [-0.3, -0.25) is 4.98 Å². The molecule has 0 amide bonds. The molecule has 1 aromatic rings. The van der Waals surface area contributed by atoms with Gasteiger partial charge in [-0.15, -0.1) is 0 Å². The first-order valence-electron chi connectivity index (χ1n) is 5.99. The fourth-order valence-electron chi connectivity index (χ4n) is 1.20. The number of pyridine rings is 1. The molecule has 1 N–H and O–H groups in total. The fraction of sp³-hybridized carbons (Fsp3) is 0.615. The molecule has 0 spiro atoms. The van der Waals surface area contributed by atoms with Gasteiger partial charge in [0.05, 0.1) is 24.2 Å². The molecule has 1 atom stereocenters. The zero-order valence-corrected chi connectivity index (χ0v) is 10.7. The summed E-state index contributed by atoms with van der Waals surface area (Å²) < 4.78 is 5.79. The van der Waals surface area contributed by atoms with Crippen molar-refractivity contribution in [2.75, 3.05) is 11.9 Å². The smallest absolute Gasteiger partial charge is 0.140 e. The summed E-state index contributed by atoms with van der Waals surface area (Å²) in [5.41, 5.74) is 1.02. The second kappa shape index (κ2) is 6.36. The SMILES string of the molecule is CCCNc1cncc(OC(C)C(C)C)c1. The lowest BCUT2D eigenvalue weighted by Gasteiger charge is -2.18. The van der Waals surface area contributed by atoms with Crippen LogP contribution in [0.15, 0.2) is 18.5 Å². The third-order valence-corrected chi connectivity index (χ3v) is 2.55. The van der Waals surface area contributed by atoms with Crippen molar-refractivity contribution in [1.82, 2.24) is 4.98 Å². The maximum absolute atomic E-state index is 5.79. The van der Waals surface area contributed by atoms with Gasteiger partial charge < -0.3 is 10.1 Å². The van der Waals surface area contributed by atoms with Crippen LogP contribution in [0.4, 0.5) is 5.69 Å². The fourth-order valence-corrected chi connectivity index (χ4v) is 1.20. The van der Waals surface area contributed by atoms with Gasteiger partial charge in [-0.2, -0.15) is 0 Å². The Kier molecular flexibility index (Phi) is 5.09. The minimum absolute atomic E-state index is 0.211. The molecule has 1 unspecified atom stereocenters. The molecule has 1 aromatic heterocycles. The lowest BCUT2D eigenvalue weighted by Crippen LogP contribution is -2.18. The van der Waals surface area contributed by atoms with E-state index in [1.165, 1.54) is 0 Å². The highest BCUT2D eigenvalue weighted by atomic mass is 16.5. The van der Waals surface area contributed by atoms with E-state index < -0.39 is 0 Å². The predicted octanol–water partition coefficient (Wildman–Crippen LogP) is 3.33. The van der Waals surface area contributed by atoms with Crippen molar-refractivity contribution < 1.29 is 4.74 Å². The summed E-state index contributed by atoms with van der Waals surface area (Å²) in [5, 5.41) is 3.29. The molecular formula is C13H22N2O. The van der Waals surface area contributed by atoms with Crippen LogP contribution < -0.4 is 10.1 Å². The van der Waals surface area contributed by atoms with Crippen molar-refractivity contribution in [3.8, 4) is 5.75 Å². The standard InChI is InChI=1S/C13H22N2O/c1-5-6-15-12-7-13(9-14-8-12)16-11(4)10(2)3/h7-11,15H,5-6H2,1-4H3. The Labute approximate surface area is 98.2 Å². The van der Waals surface area contributed by atoms with E-state index in [1.54, 1.807) is 6.20 Å². The van der Waals surface area contributed by atoms with Crippen LogP contribution in [0.3, 0.4) is 0 Å². The lowest BCUT2D eigenvalue weighted by molar-refractivity contribution is 0.170. The van der Waals surface area contributed by atoms with Crippen LogP contribution in [0.1, 0.15) is 34.1 Å². The number of aromatic nitrogens is 1. The molecule has 0 aromatic carbocycles. The highest BCUT2D eigenvalue weighted by Gasteiger charge is 2.08. The van der Waals surface area contributed by atoms with Gasteiger partial charge in [0, 0.05) is 12.6 Å². The average molecular weight is 222 g/mol. The molecule has 0 radical (unpaired) electrons. The zero-order chi connectivity index (χ0) is 12.0. The Morgan fingerprint density at radius 3 is 2.69 bits per heavy atom. The molecule has 0 aliphatic carbocycles. The minimum atomic E-state index is 0.211. The summed E-state index contributed by atoms with van der Waals surface area (Å²) in [4.78, 5) is 4.16. The van der Waals surface area contributed by atoms with Gasteiger partial charge in [0.15, 0.2) is 0 Å². The molecule has 0 saturated heterocycles. The number of hydrogen-bond acceptors (Lipinski definition) is 3. The monoisotopic (exact) mass is 222 g/mol. The van der Waals surface area contributed by atoms with Crippen LogP contribution in [0, 0.1) is 5.92 Å². The van der Waals surface area contributed by atoms with E-state index in [2.05, 4.69) is 38.0 Å². The number of ether oxygens (including phenoxy) is 1. The van der Waals surface area contributed by atoms with Crippen LogP contribution in [0.25, 0.3) is 0 Å². The van der Waals surface area contributed by atoms with Gasteiger partial charge in [-0.25, -0.2) is 0 Å². The summed E-state index contributed by atoms with van der Waals surface area (Å²) in [5.74, 6) is 1.34. The van der Waals surface area contributed by atoms with Crippen molar-refractivity contribution in [2.45, 2.75) is 40.2 Å². The molecule has 0 saturated carbocycles. The van der Waals surface area contributed by atoms with Gasteiger partial charge in [0.1, 0.15) is 5.75 Å². The van der Waals surface area contributed by atoms with Gasteiger partial charge in [0.2, 0.25) is 0 Å². The Morgan fingerprint density at radius 1 is 1.31 bits per heavy atom. The molecule has 90 valence electrons. The summed E-state index contributed by atoms with van der Waals surface area (Å²) in [6.07, 6.45) is 4.90. The Hall–Kier alpha value is -1.25. The molecule has 0 aliphatic rings. The summed E-state index contributed by atoms with van der Waals surface area (Å²) in [6.45, 7) is 9.48. The topological polar surface area (TPSA) is 34.2 Å². The second-order valence-electron chi connectivity index (χ2n) is 4.40. The van der Waals surface area contributed by atoms with Crippen molar-refractivity contribution in [3.05, 3.63) is 18.5 Å². The lowest BCUT2D eigenvalue weighted by atomic mass is 10.1. The van der Waals surface area contributed by atoms with E-state index in [0.29, 0.717) is 5.92 Å². The summed E-state index contributed by atoms with van der Waals surface area (Å²) in [6, 6.07) is 2.00. The first kappa shape index (κ1) is 12.8. The molecule has 3 nitrogen and oxygen atoms in total. The molecule has 0 aliphatic heterocycles. The second-order valence-corrected chi connectivity index (χ2v) is 4.40. The van der Waals surface area contributed by atoms with Gasteiger partial charge in [-0.1, -0.05) is 20.8 Å². The maximum atomic E-state index is 5.79. The quantitative estimate of drug-likeness (QED) is 0.801. The van der Waals surface area contributed by atoms with E-state index in [-0.39, 0.29) is 6.10 Å². The van der Waals surface area contributed by atoms with Crippen molar-refractivity contribution in [1.29, 1.82) is 0 Å². The van der Waals surface area contributed by atoms with Crippen LogP contribution in [-0.2, 0) is 0 Å². The highest BCUT2D eigenvalue weighted by molar-refractivity contribution is 5.45. The molecule has 3 heteroatoms. The van der Waals surface area contributed by atoms with Crippen LogP contribution in [0.5, 0.6) is 5.75 Å². The average Bonchev–Trinajstić information content (AvgIpc) is 2.26. The number of hydrogen-bond donors (Lipinski definition) is 1. The van der Waals surface area contributed by atoms with E-state index >= 15 is 0 Å². The number of rotatable bonds is 6. The van der Waals surface area contributed by atoms with Crippen LogP contribution >= 0.6 is 0 Å². The first-order chi connectivity index (χ1) is 7.63. The molecular weight excluding hydrogens is 200 g/mol. The van der Waals surface area contributed by atoms with Crippen LogP contribution in [-0.4, -0.2) is 17.6 Å². The van der Waals surface area contributed by atoms with Gasteiger partial charge in [0.25, 0.3) is 0 Å². The molecule has 1 rings (SSSR count). The third kappa shape index (κ3) is 4.09. The molecule has 16 heavy (non-hydrogen) atoms. The summed E-state index contributed by atoms with van der Waals surface area (Å²) in [7, 11) is 0. The predicted molar refractivity (Wildman–Crippen MR) is 67.9 cm³/mol. The number of nitrogens with one attached hydrogen (secondary N) is 1. The molecule has 0 bridgehead atoms.